The van der Waals surface area contributed by atoms with Crippen LogP contribution in [0.2, 0.25) is 0 Å². The van der Waals surface area contributed by atoms with Gasteiger partial charge in [0.25, 0.3) is 0 Å². The van der Waals surface area contributed by atoms with Gasteiger partial charge in [0.2, 0.25) is 11.1 Å². The molecule has 0 saturated heterocycles. The minimum atomic E-state index is -4.67. The maximum Gasteiger partial charge on any atom is 0.434 e. The van der Waals surface area contributed by atoms with Crippen LogP contribution in [0.3, 0.4) is 0 Å². The number of aromatic amines is 1. The molecule has 4 aromatic rings. The van der Waals surface area contributed by atoms with Gasteiger partial charge in [-0.25, -0.2) is 28.6 Å². The van der Waals surface area contributed by atoms with Crippen LogP contribution in [0, 0.1) is 0 Å². The topological polar surface area (TPSA) is 142 Å². The summed E-state index contributed by atoms with van der Waals surface area (Å²) in [7, 11) is 1.22. The first-order chi connectivity index (χ1) is 18.2. The molecule has 0 spiro atoms. The van der Waals surface area contributed by atoms with Gasteiger partial charge in [0.05, 0.1) is 38.9 Å². The maximum absolute atomic E-state index is 12.6. The molecule has 39 heavy (non-hydrogen) atoms. The van der Waals surface area contributed by atoms with Crippen molar-refractivity contribution < 1.29 is 50.1 Å². The van der Waals surface area contributed by atoms with Crippen LogP contribution in [-0.2, 0) is 21.8 Å². The van der Waals surface area contributed by atoms with Crippen LogP contribution in [0.4, 0.5) is 26.3 Å². The quantitative estimate of drug-likeness (QED) is 0.286. The van der Waals surface area contributed by atoms with Gasteiger partial charge in [-0.05, 0) is 13.8 Å². The lowest BCUT2D eigenvalue weighted by Crippen LogP contribution is -2.20. The van der Waals surface area contributed by atoms with Crippen molar-refractivity contribution in [1.82, 2.24) is 29.2 Å². The highest BCUT2D eigenvalue weighted by molar-refractivity contribution is 5.94. The first-order valence-corrected chi connectivity index (χ1v) is 10.7. The average Bonchev–Trinajstić information content (AvgIpc) is 3.49. The van der Waals surface area contributed by atoms with Crippen molar-refractivity contribution in [3.8, 4) is 5.75 Å². The lowest BCUT2D eigenvalue weighted by Gasteiger charge is -2.07. The Kier molecular flexibility index (Phi) is 8.16. The van der Waals surface area contributed by atoms with E-state index in [-0.39, 0.29) is 30.2 Å². The summed E-state index contributed by atoms with van der Waals surface area (Å²) in [6, 6.07) is 0. The Morgan fingerprint density at radius 1 is 0.897 bits per heavy atom. The van der Waals surface area contributed by atoms with Gasteiger partial charge in [-0.2, -0.15) is 31.4 Å². The van der Waals surface area contributed by atoms with E-state index in [0.29, 0.717) is 12.4 Å². The van der Waals surface area contributed by atoms with Crippen LogP contribution in [0.15, 0.2) is 29.6 Å². The third-order valence-electron chi connectivity index (χ3n) is 4.72. The Morgan fingerprint density at radius 2 is 1.44 bits per heavy atom. The van der Waals surface area contributed by atoms with Crippen molar-refractivity contribution in [3.63, 3.8) is 0 Å². The molecule has 12 nitrogen and oxygen atoms in total. The highest BCUT2D eigenvalue weighted by atomic mass is 19.4. The third kappa shape index (κ3) is 6.10. The van der Waals surface area contributed by atoms with Crippen molar-refractivity contribution in [2.45, 2.75) is 26.2 Å². The molecule has 0 amide bonds. The van der Waals surface area contributed by atoms with Gasteiger partial charge in [0.15, 0.2) is 22.8 Å². The molecular formula is C21H18F6N6O6. The number of imidazole rings is 2. The van der Waals surface area contributed by atoms with E-state index in [0.717, 1.165) is 21.4 Å². The Bertz CT molecular complexity index is 1570. The van der Waals surface area contributed by atoms with Crippen LogP contribution in [0.5, 0.6) is 5.75 Å². The lowest BCUT2D eigenvalue weighted by molar-refractivity contribution is -0.141. The minimum absolute atomic E-state index is 0.0473. The van der Waals surface area contributed by atoms with Crippen LogP contribution in [0.1, 0.15) is 46.0 Å². The summed E-state index contributed by atoms with van der Waals surface area (Å²) in [6.45, 7) is 3.32. The first kappa shape index (κ1) is 28.9. The molecule has 0 bridgehead atoms. The second-order valence-corrected chi connectivity index (χ2v) is 7.26. The van der Waals surface area contributed by atoms with Crippen LogP contribution < -0.4 is 10.2 Å². The number of nitrogens with one attached hydrogen (secondary N) is 1. The van der Waals surface area contributed by atoms with E-state index in [1.165, 1.54) is 7.11 Å². The van der Waals surface area contributed by atoms with E-state index in [4.69, 9.17) is 9.47 Å². The molecule has 0 aromatic carbocycles. The van der Waals surface area contributed by atoms with Crippen LogP contribution in [-0.4, -0.2) is 61.5 Å². The fourth-order valence-electron chi connectivity index (χ4n) is 3.06. The Labute approximate surface area is 213 Å². The van der Waals surface area contributed by atoms with Crippen LogP contribution in [0.25, 0.3) is 11.3 Å². The maximum atomic E-state index is 12.6. The molecule has 0 unspecified atom stereocenters. The number of halogens is 6. The van der Waals surface area contributed by atoms with Gasteiger partial charge in [-0.3, -0.25) is 9.89 Å². The summed E-state index contributed by atoms with van der Waals surface area (Å²) in [4.78, 5) is 41.5. The van der Waals surface area contributed by atoms with Gasteiger partial charge in [-0.1, -0.05) is 0 Å². The second-order valence-electron chi connectivity index (χ2n) is 7.26. The minimum Gasteiger partial charge on any atom is -0.492 e. The van der Waals surface area contributed by atoms with E-state index in [1.54, 1.807) is 13.8 Å². The standard InChI is InChI=1S/C11H10F3N3O3.C10H8F3N3O3/c1-3-20-10(18)6-4-15-17-5-7(11(12,13)14)16-9(17)8(6)19-2;1-2-19-9(18)5-3-14-16-4-6(10(11,12)13)15-8(16)7(5)17/h4-5H,3H2,1-2H3;3-4,14H,2H2,1H3. The first-order valence-electron chi connectivity index (χ1n) is 10.7. The van der Waals surface area contributed by atoms with Gasteiger partial charge < -0.3 is 14.2 Å². The molecule has 0 saturated carbocycles. The molecule has 0 atom stereocenters. The molecule has 0 aliphatic carbocycles. The Morgan fingerprint density at radius 3 is 1.97 bits per heavy atom. The van der Waals surface area contributed by atoms with Gasteiger partial charge in [-0.15, -0.1) is 0 Å². The Balaban J connectivity index is 0.000000216. The smallest absolute Gasteiger partial charge is 0.434 e. The molecule has 4 rings (SSSR count). The number of rotatable bonds is 5. The normalized spacial score (nSPS) is 11.7. The zero-order valence-electron chi connectivity index (χ0n) is 20.2. The fourth-order valence-corrected chi connectivity index (χ4v) is 3.06. The molecule has 210 valence electrons. The van der Waals surface area contributed by atoms with Crippen molar-refractivity contribution in [2.24, 2.45) is 0 Å². The summed E-state index contributed by atoms with van der Waals surface area (Å²) in [5.41, 5.74) is -4.46. The summed E-state index contributed by atoms with van der Waals surface area (Å²) < 4.78 is 91.2. The lowest BCUT2D eigenvalue weighted by atomic mass is 10.3. The molecule has 0 radical (unpaired) electrons. The number of carbonyl (C=O) groups is 2. The summed E-state index contributed by atoms with van der Waals surface area (Å²) >= 11 is 0. The van der Waals surface area contributed by atoms with E-state index in [9.17, 15) is 40.7 Å². The average molecular weight is 564 g/mol. The summed E-state index contributed by atoms with van der Waals surface area (Å²) in [6.07, 6.45) is -5.88. The molecular weight excluding hydrogens is 546 g/mol. The molecule has 1 N–H and O–H groups in total. The summed E-state index contributed by atoms with van der Waals surface area (Å²) in [5.74, 6) is -1.77. The number of aromatic nitrogens is 6. The van der Waals surface area contributed by atoms with Gasteiger partial charge in [0, 0.05) is 6.20 Å². The van der Waals surface area contributed by atoms with Crippen molar-refractivity contribution in [2.75, 3.05) is 20.3 Å². The van der Waals surface area contributed by atoms with E-state index in [1.807, 2.05) is 0 Å². The number of hydrogen-bond donors (Lipinski definition) is 1. The SMILES string of the molecule is CCOC(=O)c1c[nH]n2cc(C(F)(F)F)nc2c1=O.CCOC(=O)c1cnn2cc(C(F)(F)F)nc2c1OC. The van der Waals surface area contributed by atoms with E-state index in [2.05, 4.69) is 24.9 Å². The van der Waals surface area contributed by atoms with Gasteiger partial charge in [0.1, 0.15) is 11.1 Å². The second kappa shape index (κ2) is 11.0. The number of esters is 2. The third-order valence-corrected chi connectivity index (χ3v) is 4.72. The number of H-pyrrole nitrogens is 1. The zero-order valence-corrected chi connectivity index (χ0v) is 20.2. The molecule has 4 aromatic heterocycles. The predicted octanol–water partition coefficient (Wildman–Crippen LogP) is 3.15. The number of ether oxygens (including phenoxy) is 3. The largest absolute Gasteiger partial charge is 0.492 e. The Hall–Kier alpha value is -4.64. The molecule has 4 heterocycles. The number of hydrogen-bond acceptors (Lipinski definition) is 9. The fraction of sp³-hybridized carbons (Fsp3) is 0.333. The summed E-state index contributed by atoms with van der Waals surface area (Å²) in [5, 5.41) is 6.05. The highest BCUT2D eigenvalue weighted by Gasteiger charge is 2.36. The molecule has 18 heteroatoms. The highest BCUT2D eigenvalue weighted by Crippen LogP contribution is 2.31. The van der Waals surface area contributed by atoms with Crippen molar-refractivity contribution in [1.29, 1.82) is 0 Å². The number of alkyl halides is 6. The zero-order chi connectivity index (χ0) is 29.1. The van der Waals surface area contributed by atoms with Gasteiger partial charge >= 0.3 is 24.3 Å². The van der Waals surface area contributed by atoms with E-state index >= 15 is 0 Å². The van der Waals surface area contributed by atoms with E-state index < -0.39 is 52.3 Å². The number of nitrogens with zero attached hydrogens (tertiary/aromatic N) is 5. The van der Waals surface area contributed by atoms with Crippen molar-refractivity contribution in [3.05, 3.63) is 57.5 Å². The predicted molar refractivity (Wildman–Crippen MR) is 117 cm³/mol. The molecule has 0 fully saturated rings. The number of methoxy groups -OCH3 is 1. The molecule has 0 aliphatic rings. The van der Waals surface area contributed by atoms with Crippen molar-refractivity contribution >= 4 is 23.2 Å². The van der Waals surface area contributed by atoms with Crippen LogP contribution >= 0.6 is 0 Å². The monoisotopic (exact) mass is 564 g/mol. The molecule has 0 aliphatic heterocycles. The number of fused-ring (bicyclic) bond motifs is 2. The number of carbonyl (C=O) groups excluding carboxylic acids is 2.